The van der Waals surface area contributed by atoms with E-state index in [4.69, 9.17) is 4.74 Å². The average Bonchev–Trinajstić information content (AvgIpc) is 2.34. The van der Waals surface area contributed by atoms with Crippen LogP contribution in [0.3, 0.4) is 0 Å². The summed E-state index contributed by atoms with van der Waals surface area (Å²) in [6, 6.07) is 2.36. The van der Waals surface area contributed by atoms with Gasteiger partial charge in [0.25, 0.3) is 0 Å². The summed E-state index contributed by atoms with van der Waals surface area (Å²) in [5, 5.41) is 6.26. The molecule has 0 aliphatic rings. The molecular formula is C18H31N3O2. The van der Waals surface area contributed by atoms with Gasteiger partial charge in [-0.2, -0.15) is 0 Å². The average molecular weight is 321 g/mol. The van der Waals surface area contributed by atoms with Crippen LogP contribution >= 0.6 is 0 Å². The molecule has 5 heteroatoms. The van der Waals surface area contributed by atoms with E-state index in [1.54, 1.807) is 0 Å². The number of amides is 1. The Morgan fingerprint density at radius 1 is 1.26 bits per heavy atom. The Bertz CT molecular complexity index is 513. The number of aryl methyl sites for hydroxylation is 3. The Hall–Kier alpha value is -1.62. The van der Waals surface area contributed by atoms with E-state index >= 15 is 0 Å². The summed E-state index contributed by atoms with van der Waals surface area (Å²) in [4.78, 5) is 16.1. The number of nitrogens with one attached hydrogen (secondary N) is 2. The molecule has 0 spiro atoms. The lowest BCUT2D eigenvalue weighted by Crippen LogP contribution is -2.34. The van der Waals surface area contributed by atoms with Gasteiger partial charge < -0.3 is 15.4 Å². The van der Waals surface area contributed by atoms with E-state index in [-0.39, 0.29) is 12.1 Å². The van der Waals surface area contributed by atoms with Crippen LogP contribution in [0, 0.1) is 20.8 Å². The maximum atomic E-state index is 11.5. The number of ether oxygens (including phenoxy) is 1. The Kier molecular flexibility index (Phi) is 7.01. The topological polar surface area (TPSA) is 63.2 Å². The minimum Gasteiger partial charge on any atom is -0.444 e. The number of pyridine rings is 1. The van der Waals surface area contributed by atoms with Gasteiger partial charge in [0.15, 0.2) is 0 Å². The third-order valence-corrected chi connectivity index (χ3v) is 3.49. The fourth-order valence-corrected chi connectivity index (χ4v) is 2.70. The van der Waals surface area contributed by atoms with Crippen LogP contribution in [0.1, 0.15) is 62.7 Å². The van der Waals surface area contributed by atoms with Crippen molar-refractivity contribution in [1.82, 2.24) is 15.6 Å². The van der Waals surface area contributed by atoms with Crippen LogP contribution < -0.4 is 10.6 Å². The number of rotatable bonds is 6. The molecule has 2 N–H and O–H groups in total. The smallest absolute Gasteiger partial charge is 0.407 e. The molecule has 130 valence electrons. The first kappa shape index (κ1) is 19.4. The Morgan fingerprint density at radius 3 is 2.48 bits per heavy atom. The van der Waals surface area contributed by atoms with Crippen molar-refractivity contribution in [2.75, 3.05) is 13.1 Å². The van der Waals surface area contributed by atoms with E-state index in [0.29, 0.717) is 6.54 Å². The van der Waals surface area contributed by atoms with E-state index in [0.717, 1.165) is 24.4 Å². The van der Waals surface area contributed by atoms with Gasteiger partial charge in [-0.05, 0) is 78.6 Å². The van der Waals surface area contributed by atoms with E-state index in [1.165, 1.54) is 11.1 Å². The second-order valence-corrected chi connectivity index (χ2v) is 7.04. The number of hydrogen-bond donors (Lipinski definition) is 2. The largest absolute Gasteiger partial charge is 0.444 e. The molecule has 0 aliphatic carbocycles. The molecule has 5 nitrogen and oxygen atoms in total. The first-order valence-corrected chi connectivity index (χ1v) is 8.25. The Balaban J connectivity index is 2.35. The molecule has 1 amide bonds. The molecule has 1 atom stereocenters. The summed E-state index contributed by atoms with van der Waals surface area (Å²) in [6.45, 7) is 15.3. The van der Waals surface area contributed by atoms with Crippen molar-refractivity contribution in [3.05, 3.63) is 28.6 Å². The molecule has 23 heavy (non-hydrogen) atoms. The minimum absolute atomic E-state index is 0.240. The molecule has 0 radical (unpaired) electrons. The molecule has 0 bridgehead atoms. The van der Waals surface area contributed by atoms with Crippen LogP contribution in [0.2, 0.25) is 0 Å². The zero-order valence-electron chi connectivity index (χ0n) is 15.5. The molecule has 1 rings (SSSR count). The standard InChI is InChI=1S/C18H31N3O2/c1-12-11-13(2)21-15(4)16(12)14(3)19-9-8-10-20-17(22)23-18(5,6)7/h11,14,19H,8-10H2,1-7H3,(H,20,22). The molecular weight excluding hydrogens is 290 g/mol. The van der Waals surface area contributed by atoms with Gasteiger partial charge in [0.2, 0.25) is 0 Å². The lowest BCUT2D eigenvalue weighted by molar-refractivity contribution is 0.0527. The van der Waals surface area contributed by atoms with Crippen LogP contribution in [0.4, 0.5) is 4.79 Å². The highest BCUT2D eigenvalue weighted by atomic mass is 16.6. The molecule has 0 saturated carbocycles. The van der Waals surface area contributed by atoms with Crippen molar-refractivity contribution in [3.63, 3.8) is 0 Å². The van der Waals surface area contributed by atoms with Crippen molar-refractivity contribution in [3.8, 4) is 0 Å². The molecule has 0 fully saturated rings. The Labute approximate surface area is 140 Å². The lowest BCUT2D eigenvalue weighted by atomic mass is 10.0. The van der Waals surface area contributed by atoms with Gasteiger partial charge in [-0.3, -0.25) is 4.98 Å². The first-order chi connectivity index (χ1) is 10.6. The normalized spacial score (nSPS) is 12.8. The van der Waals surface area contributed by atoms with E-state index < -0.39 is 5.60 Å². The molecule has 1 unspecified atom stereocenters. The predicted molar refractivity (Wildman–Crippen MR) is 93.7 cm³/mol. The fourth-order valence-electron chi connectivity index (χ4n) is 2.70. The maximum Gasteiger partial charge on any atom is 0.407 e. The van der Waals surface area contributed by atoms with Crippen molar-refractivity contribution in [1.29, 1.82) is 0 Å². The molecule has 0 aliphatic heterocycles. The summed E-state index contributed by atoms with van der Waals surface area (Å²) in [5.41, 5.74) is 4.20. The number of hydrogen-bond acceptors (Lipinski definition) is 4. The zero-order chi connectivity index (χ0) is 17.6. The quantitative estimate of drug-likeness (QED) is 0.786. The highest BCUT2D eigenvalue weighted by molar-refractivity contribution is 5.67. The lowest BCUT2D eigenvalue weighted by Gasteiger charge is -2.20. The van der Waals surface area contributed by atoms with Crippen LogP contribution in [0.15, 0.2) is 6.07 Å². The van der Waals surface area contributed by atoms with Crippen molar-refractivity contribution >= 4 is 6.09 Å². The van der Waals surface area contributed by atoms with Gasteiger partial charge in [0.1, 0.15) is 5.60 Å². The third-order valence-electron chi connectivity index (χ3n) is 3.49. The number of alkyl carbamates (subject to hydrolysis) is 1. The number of nitrogens with zero attached hydrogens (tertiary/aromatic N) is 1. The van der Waals surface area contributed by atoms with Crippen LogP contribution in [-0.4, -0.2) is 29.8 Å². The van der Waals surface area contributed by atoms with Crippen molar-refractivity contribution in [2.45, 2.75) is 66.5 Å². The van der Waals surface area contributed by atoms with Crippen LogP contribution in [0.5, 0.6) is 0 Å². The van der Waals surface area contributed by atoms with Gasteiger partial charge in [-0.15, -0.1) is 0 Å². The molecule has 0 aromatic carbocycles. The third kappa shape index (κ3) is 6.99. The molecule has 0 saturated heterocycles. The molecule has 1 aromatic rings. The number of carbonyl (C=O) groups is 1. The van der Waals surface area contributed by atoms with Crippen LogP contribution in [-0.2, 0) is 4.74 Å². The summed E-state index contributed by atoms with van der Waals surface area (Å²) in [6.07, 6.45) is 0.487. The van der Waals surface area contributed by atoms with E-state index in [1.807, 2.05) is 27.7 Å². The summed E-state index contributed by atoms with van der Waals surface area (Å²) in [5.74, 6) is 0. The van der Waals surface area contributed by atoms with Gasteiger partial charge in [0.05, 0.1) is 0 Å². The zero-order valence-corrected chi connectivity index (χ0v) is 15.5. The summed E-state index contributed by atoms with van der Waals surface area (Å²) < 4.78 is 5.20. The highest BCUT2D eigenvalue weighted by Gasteiger charge is 2.15. The maximum absolute atomic E-state index is 11.5. The number of aromatic nitrogens is 1. The first-order valence-electron chi connectivity index (χ1n) is 8.25. The van der Waals surface area contributed by atoms with Crippen molar-refractivity contribution < 1.29 is 9.53 Å². The summed E-state index contributed by atoms with van der Waals surface area (Å²) in [7, 11) is 0. The fraction of sp³-hybridized carbons (Fsp3) is 0.667. The molecule has 1 aromatic heterocycles. The van der Waals surface area contributed by atoms with Gasteiger partial charge in [0, 0.05) is 24.0 Å². The van der Waals surface area contributed by atoms with Gasteiger partial charge in [-0.25, -0.2) is 4.79 Å². The van der Waals surface area contributed by atoms with Gasteiger partial charge >= 0.3 is 6.09 Å². The number of carbonyl (C=O) groups excluding carboxylic acids is 1. The monoisotopic (exact) mass is 321 g/mol. The van der Waals surface area contributed by atoms with Crippen LogP contribution in [0.25, 0.3) is 0 Å². The van der Waals surface area contributed by atoms with E-state index in [2.05, 4.69) is 42.5 Å². The molecule has 1 heterocycles. The Morgan fingerprint density at radius 2 is 1.91 bits per heavy atom. The van der Waals surface area contributed by atoms with E-state index in [9.17, 15) is 4.79 Å². The second kappa shape index (κ2) is 8.29. The van der Waals surface area contributed by atoms with Crippen molar-refractivity contribution in [2.24, 2.45) is 0 Å². The second-order valence-electron chi connectivity index (χ2n) is 7.04. The predicted octanol–water partition coefficient (Wildman–Crippen LogP) is 3.57. The SMILES string of the molecule is Cc1cc(C)c(C(C)NCCCNC(=O)OC(C)(C)C)c(C)n1. The minimum atomic E-state index is -0.454. The summed E-state index contributed by atoms with van der Waals surface area (Å²) >= 11 is 0. The van der Waals surface area contributed by atoms with Gasteiger partial charge in [-0.1, -0.05) is 0 Å². The highest BCUT2D eigenvalue weighted by Crippen LogP contribution is 2.20.